The predicted molar refractivity (Wildman–Crippen MR) is 73.7 cm³/mol. The molecule has 0 amide bonds. The van der Waals surface area contributed by atoms with Crippen molar-refractivity contribution in [2.45, 2.75) is 19.4 Å². The highest BCUT2D eigenvalue weighted by atomic mass is 79.9. The van der Waals surface area contributed by atoms with Crippen molar-refractivity contribution in [1.82, 2.24) is 9.97 Å². The second-order valence-corrected chi connectivity index (χ2v) is 5.55. The molecule has 0 fully saturated rings. The first-order valence-corrected chi connectivity index (χ1v) is 6.86. The smallest absolute Gasteiger partial charge is 0.267 e. The van der Waals surface area contributed by atoms with Crippen molar-refractivity contribution >= 4 is 33.1 Å². The monoisotopic (exact) mass is 313 g/mol. The number of nitrogens with one attached hydrogen (secondary N) is 2. The minimum Gasteiger partial charge on any atom is -0.366 e. The van der Waals surface area contributed by atoms with Gasteiger partial charge in [-0.25, -0.2) is 4.98 Å². The lowest BCUT2D eigenvalue weighted by molar-refractivity contribution is 0.791. The Morgan fingerprint density at radius 1 is 1.65 bits per heavy atom. The van der Waals surface area contributed by atoms with E-state index < -0.39 is 0 Å². The number of halogens is 1. The number of rotatable bonds is 4. The van der Waals surface area contributed by atoms with E-state index in [1.54, 1.807) is 11.3 Å². The number of hydrogen-bond donors (Lipinski definition) is 2. The molecule has 2 rings (SSSR count). The van der Waals surface area contributed by atoms with Crippen molar-refractivity contribution < 1.29 is 0 Å². The summed E-state index contributed by atoms with van der Waals surface area (Å²) in [4.78, 5) is 19.3. The van der Waals surface area contributed by atoms with Gasteiger partial charge in [-0.2, -0.15) is 0 Å². The lowest BCUT2D eigenvalue weighted by atomic mass is 10.2. The van der Waals surface area contributed by atoms with Crippen molar-refractivity contribution in [1.29, 1.82) is 0 Å². The molecule has 0 spiro atoms. The van der Waals surface area contributed by atoms with Crippen LogP contribution >= 0.6 is 27.3 Å². The van der Waals surface area contributed by atoms with Crippen LogP contribution in [0, 0.1) is 0 Å². The molecule has 0 aliphatic rings. The van der Waals surface area contributed by atoms with E-state index in [4.69, 9.17) is 0 Å². The van der Waals surface area contributed by atoms with Crippen molar-refractivity contribution in [2.75, 3.05) is 5.32 Å². The summed E-state index contributed by atoms with van der Waals surface area (Å²) >= 11 is 4.95. The fourth-order valence-electron chi connectivity index (χ4n) is 1.50. The van der Waals surface area contributed by atoms with Gasteiger partial charge in [0.05, 0.1) is 6.33 Å². The third-order valence-corrected chi connectivity index (χ3v) is 3.90. The van der Waals surface area contributed by atoms with Crippen LogP contribution in [0.5, 0.6) is 0 Å². The van der Waals surface area contributed by atoms with Crippen LogP contribution in [0.1, 0.15) is 11.8 Å². The van der Waals surface area contributed by atoms with Crippen LogP contribution in [-0.2, 0) is 6.42 Å². The van der Waals surface area contributed by atoms with Gasteiger partial charge in [-0.05, 0) is 34.3 Å². The highest BCUT2D eigenvalue weighted by Crippen LogP contribution is 2.17. The number of anilines is 1. The van der Waals surface area contributed by atoms with Gasteiger partial charge in [0.25, 0.3) is 5.56 Å². The maximum atomic E-state index is 11.4. The Morgan fingerprint density at radius 2 is 2.47 bits per heavy atom. The van der Waals surface area contributed by atoms with Crippen LogP contribution < -0.4 is 10.9 Å². The molecule has 0 radical (unpaired) electrons. The SMILES string of the molecule is CC(Cc1cccs1)Nc1nc[nH]c(=O)c1Br. The van der Waals surface area contributed by atoms with Gasteiger partial charge in [0, 0.05) is 17.3 Å². The molecular formula is C11H12BrN3OS. The zero-order valence-electron chi connectivity index (χ0n) is 9.24. The molecule has 6 heteroatoms. The molecule has 1 unspecified atom stereocenters. The third-order valence-electron chi connectivity index (χ3n) is 2.27. The molecule has 4 nitrogen and oxygen atoms in total. The summed E-state index contributed by atoms with van der Waals surface area (Å²) in [7, 11) is 0. The zero-order chi connectivity index (χ0) is 12.3. The molecule has 2 heterocycles. The molecule has 0 saturated carbocycles. The van der Waals surface area contributed by atoms with Crippen LogP contribution in [0.15, 0.2) is 33.1 Å². The fraction of sp³-hybridized carbons (Fsp3) is 0.273. The number of hydrogen-bond acceptors (Lipinski definition) is 4. The number of aromatic amines is 1. The molecule has 0 aliphatic carbocycles. The van der Waals surface area contributed by atoms with Gasteiger partial charge < -0.3 is 10.3 Å². The minimum absolute atomic E-state index is 0.175. The molecule has 2 N–H and O–H groups in total. The molecule has 1 atom stereocenters. The van der Waals surface area contributed by atoms with E-state index in [1.165, 1.54) is 11.2 Å². The Hall–Kier alpha value is -1.14. The lowest BCUT2D eigenvalue weighted by Gasteiger charge is -2.13. The first-order chi connectivity index (χ1) is 8.16. The van der Waals surface area contributed by atoms with E-state index in [2.05, 4.69) is 49.6 Å². The highest BCUT2D eigenvalue weighted by molar-refractivity contribution is 9.10. The molecule has 90 valence electrons. The van der Waals surface area contributed by atoms with Crippen molar-refractivity contribution in [3.63, 3.8) is 0 Å². The lowest BCUT2D eigenvalue weighted by Crippen LogP contribution is -2.21. The fourth-order valence-corrected chi connectivity index (χ4v) is 2.67. The average molecular weight is 314 g/mol. The first kappa shape index (κ1) is 12.3. The average Bonchev–Trinajstić information content (AvgIpc) is 2.77. The topological polar surface area (TPSA) is 57.8 Å². The second kappa shape index (κ2) is 5.46. The van der Waals surface area contributed by atoms with Gasteiger partial charge in [0.1, 0.15) is 10.3 Å². The molecule has 0 saturated heterocycles. The molecule has 17 heavy (non-hydrogen) atoms. The molecule has 0 aromatic carbocycles. The summed E-state index contributed by atoms with van der Waals surface area (Å²) < 4.78 is 0.443. The van der Waals surface area contributed by atoms with E-state index in [0.29, 0.717) is 10.3 Å². The van der Waals surface area contributed by atoms with Crippen molar-refractivity contribution in [3.05, 3.63) is 43.5 Å². The summed E-state index contributed by atoms with van der Waals surface area (Å²) in [5, 5.41) is 5.28. The first-order valence-electron chi connectivity index (χ1n) is 5.19. The number of H-pyrrole nitrogens is 1. The standard InChI is InChI=1S/C11H12BrN3OS/c1-7(5-8-3-2-4-17-8)15-10-9(12)11(16)14-6-13-10/h2-4,6-7H,5H2,1H3,(H2,13,14,15,16). The molecule has 0 aliphatic heterocycles. The van der Waals surface area contributed by atoms with Crippen molar-refractivity contribution in [2.24, 2.45) is 0 Å². The third kappa shape index (κ3) is 3.17. The van der Waals surface area contributed by atoms with E-state index in [9.17, 15) is 4.79 Å². The van der Waals surface area contributed by atoms with E-state index in [0.717, 1.165) is 6.42 Å². The Balaban J connectivity index is 2.05. The van der Waals surface area contributed by atoms with Crippen LogP contribution in [0.2, 0.25) is 0 Å². The van der Waals surface area contributed by atoms with Gasteiger partial charge in [-0.15, -0.1) is 11.3 Å². The Kier molecular flexibility index (Phi) is 3.96. The Labute approximate surface area is 111 Å². The molecule has 0 bridgehead atoms. The van der Waals surface area contributed by atoms with E-state index in [-0.39, 0.29) is 11.6 Å². The summed E-state index contributed by atoms with van der Waals surface area (Å²) in [5.74, 6) is 0.581. The van der Waals surface area contributed by atoms with Gasteiger partial charge in [-0.1, -0.05) is 6.07 Å². The van der Waals surface area contributed by atoms with Crippen LogP contribution in [0.25, 0.3) is 0 Å². The van der Waals surface area contributed by atoms with Gasteiger partial charge >= 0.3 is 0 Å². The normalized spacial score (nSPS) is 12.4. The number of nitrogens with zero attached hydrogens (tertiary/aromatic N) is 1. The zero-order valence-corrected chi connectivity index (χ0v) is 11.6. The largest absolute Gasteiger partial charge is 0.366 e. The van der Waals surface area contributed by atoms with Gasteiger partial charge in [-0.3, -0.25) is 4.79 Å². The second-order valence-electron chi connectivity index (χ2n) is 3.72. The van der Waals surface area contributed by atoms with Crippen LogP contribution in [-0.4, -0.2) is 16.0 Å². The summed E-state index contributed by atoms with van der Waals surface area (Å²) in [5.41, 5.74) is -0.175. The van der Waals surface area contributed by atoms with Crippen molar-refractivity contribution in [3.8, 4) is 0 Å². The molecule has 2 aromatic heterocycles. The highest BCUT2D eigenvalue weighted by Gasteiger charge is 2.09. The van der Waals surface area contributed by atoms with Crippen LogP contribution in [0.3, 0.4) is 0 Å². The maximum Gasteiger partial charge on any atom is 0.267 e. The summed E-state index contributed by atoms with van der Waals surface area (Å²) in [6.07, 6.45) is 2.31. The van der Waals surface area contributed by atoms with E-state index >= 15 is 0 Å². The predicted octanol–water partition coefficient (Wildman–Crippen LogP) is 2.64. The van der Waals surface area contributed by atoms with Gasteiger partial charge in [0.15, 0.2) is 0 Å². The van der Waals surface area contributed by atoms with Crippen LogP contribution in [0.4, 0.5) is 5.82 Å². The molecular weight excluding hydrogens is 302 g/mol. The summed E-state index contributed by atoms with van der Waals surface area (Å²) in [6, 6.07) is 4.36. The molecule has 2 aromatic rings. The number of thiophene rings is 1. The maximum absolute atomic E-state index is 11.4. The quantitative estimate of drug-likeness (QED) is 0.912. The summed E-state index contributed by atoms with van der Waals surface area (Å²) in [6.45, 7) is 2.06. The minimum atomic E-state index is -0.175. The van der Waals surface area contributed by atoms with Gasteiger partial charge in [0.2, 0.25) is 0 Å². The van der Waals surface area contributed by atoms with E-state index in [1.807, 2.05) is 6.07 Å². The Bertz CT molecular complexity index is 538. The number of aromatic nitrogens is 2. The Morgan fingerprint density at radius 3 is 3.18 bits per heavy atom.